The average Bonchev–Trinajstić information content (AvgIpc) is 3.13. The molecule has 0 radical (unpaired) electrons. The Kier molecular flexibility index (Phi) is 3.57. The van der Waals surface area contributed by atoms with Crippen LogP contribution in [0, 0.1) is 11.8 Å². The molecule has 1 unspecified atom stereocenters. The van der Waals surface area contributed by atoms with E-state index < -0.39 is 9.84 Å². The van der Waals surface area contributed by atoms with Crippen LogP contribution in [0.2, 0.25) is 0 Å². The highest BCUT2D eigenvalue weighted by molar-refractivity contribution is 7.91. The zero-order valence-corrected chi connectivity index (χ0v) is 10.4. The number of nitrogens with zero attached hydrogens (tertiary/aromatic N) is 2. The quantitative estimate of drug-likeness (QED) is 0.572. The summed E-state index contributed by atoms with van der Waals surface area (Å²) in [6.45, 7) is 3.69. The van der Waals surface area contributed by atoms with Crippen LogP contribution >= 0.6 is 0 Å². The molecule has 0 amide bonds. The van der Waals surface area contributed by atoms with Gasteiger partial charge in [0.2, 0.25) is 15.0 Å². The Morgan fingerprint density at radius 1 is 1.41 bits per heavy atom. The largest absolute Gasteiger partial charge is 0.247 e. The molecule has 2 rings (SSSR count). The second-order valence-corrected chi connectivity index (χ2v) is 6.36. The Labute approximate surface area is 102 Å². The Balaban J connectivity index is 2.13. The number of sulfone groups is 1. The molecule has 4 nitrogen and oxygen atoms in total. The summed E-state index contributed by atoms with van der Waals surface area (Å²) in [5.41, 5.74) is 0. The van der Waals surface area contributed by atoms with Gasteiger partial charge >= 0.3 is 0 Å². The lowest BCUT2D eigenvalue weighted by atomic mass is 10.0. The number of aromatic nitrogens is 2. The molecule has 1 heterocycles. The van der Waals surface area contributed by atoms with Gasteiger partial charge in [-0.1, -0.05) is 6.08 Å². The van der Waals surface area contributed by atoms with E-state index in [1.54, 1.807) is 12.1 Å². The Morgan fingerprint density at radius 2 is 2.06 bits per heavy atom. The molecule has 1 fully saturated rings. The second-order valence-electron chi connectivity index (χ2n) is 4.43. The molecule has 0 spiro atoms. The molecule has 0 bridgehead atoms. The summed E-state index contributed by atoms with van der Waals surface area (Å²) in [5.74, 6) is 0.834. The Bertz CT molecular complexity index is 480. The van der Waals surface area contributed by atoms with E-state index in [4.69, 9.17) is 0 Å². The van der Waals surface area contributed by atoms with Crippen LogP contribution in [0.1, 0.15) is 19.3 Å². The van der Waals surface area contributed by atoms with Gasteiger partial charge in [0.05, 0.1) is 5.75 Å². The normalized spacial score (nSPS) is 17.6. The molecule has 1 aliphatic carbocycles. The maximum absolute atomic E-state index is 12.1. The number of hydrogen-bond donors (Lipinski definition) is 0. The third-order valence-corrected chi connectivity index (χ3v) is 4.65. The first kappa shape index (κ1) is 12.2. The van der Waals surface area contributed by atoms with Crippen LogP contribution in [-0.4, -0.2) is 24.1 Å². The monoisotopic (exact) mass is 252 g/mol. The van der Waals surface area contributed by atoms with Gasteiger partial charge in [0.15, 0.2) is 0 Å². The molecule has 1 aromatic heterocycles. The molecule has 5 heteroatoms. The lowest BCUT2D eigenvalue weighted by Crippen LogP contribution is -2.19. The van der Waals surface area contributed by atoms with Crippen LogP contribution < -0.4 is 0 Å². The highest BCUT2D eigenvalue weighted by Gasteiger charge is 2.34. The molecule has 1 aromatic rings. The van der Waals surface area contributed by atoms with E-state index in [1.165, 1.54) is 12.4 Å². The first-order valence-electron chi connectivity index (χ1n) is 5.74. The van der Waals surface area contributed by atoms with Crippen molar-refractivity contribution < 1.29 is 8.42 Å². The molecule has 0 aliphatic heterocycles. The first-order chi connectivity index (χ1) is 8.13. The van der Waals surface area contributed by atoms with Crippen molar-refractivity contribution in [2.75, 3.05) is 5.75 Å². The van der Waals surface area contributed by atoms with Gasteiger partial charge in [-0.15, -0.1) is 6.58 Å². The minimum Gasteiger partial charge on any atom is -0.227 e. The predicted octanol–water partition coefficient (Wildman–Crippen LogP) is 1.85. The van der Waals surface area contributed by atoms with Crippen molar-refractivity contribution >= 4 is 9.84 Å². The topological polar surface area (TPSA) is 59.9 Å². The molecule has 1 aliphatic rings. The summed E-state index contributed by atoms with van der Waals surface area (Å²) in [4.78, 5) is 7.64. The first-order valence-corrected chi connectivity index (χ1v) is 7.39. The van der Waals surface area contributed by atoms with E-state index >= 15 is 0 Å². The zero-order chi connectivity index (χ0) is 12.3. The fourth-order valence-corrected chi connectivity index (χ4v) is 3.54. The van der Waals surface area contributed by atoms with Crippen molar-refractivity contribution in [2.45, 2.75) is 24.4 Å². The van der Waals surface area contributed by atoms with E-state index in [9.17, 15) is 8.42 Å². The van der Waals surface area contributed by atoms with E-state index in [0.717, 1.165) is 19.3 Å². The lowest BCUT2D eigenvalue weighted by molar-refractivity contribution is 0.500. The highest BCUT2D eigenvalue weighted by Crippen LogP contribution is 2.39. The molecule has 92 valence electrons. The van der Waals surface area contributed by atoms with Crippen LogP contribution in [0.5, 0.6) is 0 Å². The molecular weight excluding hydrogens is 236 g/mol. The van der Waals surface area contributed by atoms with Crippen molar-refractivity contribution in [3.05, 3.63) is 31.1 Å². The van der Waals surface area contributed by atoms with Gasteiger partial charge in [0.25, 0.3) is 0 Å². The summed E-state index contributed by atoms with van der Waals surface area (Å²) in [6.07, 6.45) is 7.72. The van der Waals surface area contributed by atoms with Crippen LogP contribution in [0.15, 0.2) is 36.3 Å². The zero-order valence-electron chi connectivity index (χ0n) is 9.62. The summed E-state index contributed by atoms with van der Waals surface area (Å²) in [6, 6.07) is 1.61. The van der Waals surface area contributed by atoms with Crippen LogP contribution in [0.3, 0.4) is 0 Å². The molecule has 0 N–H and O–H groups in total. The average molecular weight is 252 g/mol. The van der Waals surface area contributed by atoms with Gasteiger partial charge < -0.3 is 0 Å². The number of allylic oxidation sites excluding steroid dienone is 1. The van der Waals surface area contributed by atoms with Gasteiger partial charge in [-0.3, -0.25) is 0 Å². The van der Waals surface area contributed by atoms with Gasteiger partial charge in [0, 0.05) is 12.4 Å². The van der Waals surface area contributed by atoms with E-state index in [0.29, 0.717) is 5.92 Å². The maximum atomic E-state index is 12.1. The predicted molar refractivity (Wildman–Crippen MR) is 65.1 cm³/mol. The summed E-state index contributed by atoms with van der Waals surface area (Å²) in [7, 11) is -3.36. The molecule has 0 saturated heterocycles. The van der Waals surface area contributed by atoms with E-state index in [-0.39, 0.29) is 16.8 Å². The van der Waals surface area contributed by atoms with Crippen molar-refractivity contribution in [2.24, 2.45) is 11.8 Å². The van der Waals surface area contributed by atoms with Crippen LogP contribution in [0.25, 0.3) is 0 Å². The highest BCUT2D eigenvalue weighted by atomic mass is 32.2. The SMILES string of the molecule is C=CCC(CS(=O)(=O)c1ncccn1)C1CC1. The van der Waals surface area contributed by atoms with E-state index in [2.05, 4.69) is 16.5 Å². The van der Waals surface area contributed by atoms with Crippen LogP contribution in [0.4, 0.5) is 0 Å². The minimum atomic E-state index is -3.36. The third-order valence-electron chi connectivity index (χ3n) is 3.01. The third kappa shape index (κ3) is 3.12. The number of rotatable bonds is 6. The van der Waals surface area contributed by atoms with E-state index in [1.807, 2.05) is 0 Å². The Hall–Kier alpha value is -1.23. The van der Waals surface area contributed by atoms with Crippen molar-refractivity contribution in [3.8, 4) is 0 Å². The van der Waals surface area contributed by atoms with Gasteiger partial charge in [-0.25, -0.2) is 18.4 Å². The smallest absolute Gasteiger partial charge is 0.227 e. The molecule has 17 heavy (non-hydrogen) atoms. The summed E-state index contributed by atoms with van der Waals surface area (Å²) >= 11 is 0. The van der Waals surface area contributed by atoms with Crippen molar-refractivity contribution in [1.29, 1.82) is 0 Å². The Morgan fingerprint density at radius 3 is 2.59 bits per heavy atom. The van der Waals surface area contributed by atoms with Crippen molar-refractivity contribution in [1.82, 2.24) is 9.97 Å². The fraction of sp³-hybridized carbons (Fsp3) is 0.500. The molecule has 1 saturated carbocycles. The number of hydrogen-bond acceptors (Lipinski definition) is 4. The maximum Gasteiger partial charge on any atom is 0.247 e. The molecule has 0 aromatic carbocycles. The lowest BCUT2D eigenvalue weighted by Gasteiger charge is -2.13. The summed E-state index contributed by atoms with van der Waals surface area (Å²) in [5, 5.41) is -0.0605. The fourth-order valence-electron chi connectivity index (χ4n) is 1.98. The standard InChI is InChI=1S/C12H16N2O2S/c1-2-4-11(10-5-6-10)9-17(15,16)12-13-7-3-8-14-12/h2-3,7-8,10-11H,1,4-6,9H2. The van der Waals surface area contributed by atoms with Gasteiger partial charge in [0.1, 0.15) is 0 Å². The summed E-state index contributed by atoms with van der Waals surface area (Å²) < 4.78 is 24.2. The van der Waals surface area contributed by atoms with Gasteiger partial charge in [-0.2, -0.15) is 0 Å². The second kappa shape index (κ2) is 4.96. The van der Waals surface area contributed by atoms with Crippen molar-refractivity contribution in [3.63, 3.8) is 0 Å². The van der Waals surface area contributed by atoms with Gasteiger partial charge in [-0.05, 0) is 37.2 Å². The molecule has 1 atom stereocenters. The van der Waals surface area contributed by atoms with Crippen LogP contribution in [-0.2, 0) is 9.84 Å². The molecular formula is C12H16N2O2S. The minimum absolute atomic E-state index is 0.0605.